The Labute approximate surface area is 233 Å². The molecule has 3 aromatic carbocycles. The minimum Gasteiger partial charge on any atom is -0.507 e. The van der Waals surface area contributed by atoms with Crippen molar-refractivity contribution in [1.29, 1.82) is 0 Å². The molecule has 1 unspecified atom stereocenters. The lowest BCUT2D eigenvalue weighted by Crippen LogP contribution is -2.38. The molecule has 0 spiro atoms. The predicted molar refractivity (Wildman–Crippen MR) is 152 cm³/mol. The zero-order valence-electron chi connectivity index (χ0n) is 22.9. The summed E-state index contributed by atoms with van der Waals surface area (Å²) in [5.41, 5.74) is 2.49. The minimum atomic E-state index is -0.884. The number of rotatable bonds is 11. The van der Waals surface area contributed by atoms with Gasteiger partial charge in [-0.3, -0.25) is 19.7 Å². The van der Waals surface area contributed by atoms with E-state index >= 15 is 0 Å². The molecule has 1 saturated heterocycles. The molecule has 0 radical (unpaired) electrons. The van der Waals surface area contributed by atoms with Gasteiger partial charge in [-0.05, 0) is 67.0 Å². The van der Waals surface area contributed by atoms with Crippen LogP contribution in [0.2, 0.25) is 0 Å². The van der Waals surface area contributed by atoms with Crippen LogP contribution in [0.3, 0.4) is 0 Å². The van der Waals surface area contributed by atoms with Crippen LogP contribution in [0.1, 0.15) is 42.1 Å². The first kappa shape index (κ1) is 28.5. The maximum atomic E-state index is 13.3. The molecule has 1 N–H and O–H groups in total. The zero-order valence-corrected chi connectivity index (χ0v) is 22.9. The Morgan fingerprint density at radius 2 is 1.70 bits per heavy atom. The van der Waals surface area contributed by atoms with Gasteiger partial charge in [-0.1, -0.05) is 44.2 Å². The van der Waals surface area contributed by atoms with E-state index in [1.54, 1.807) is 18.2 Å². The van der Waals surface area contributed by atoms with E-state index in [1.165, 1.54) is 29.2 Å². The molecule has 0 aliphatic carbocycles. The fraction of sp³-hybridized carbons (Fsp3) is 0.290. The van der Waals surface area contributed by atoms with Crippen molar-refractivity contribution in [2.75, 3.05) is 26.2 Å². The molecule has 1 heterocycles. The molecule has 1 fully saturated rings. The molecule has 0 saturated carbocycles. The Morgan fingerprint density at radius 1 is 1.02 bits per heavy atom. The fourth-order valence-electron chi connectivity index (χ4n) is 4.87. The molecular weight excluding hydrogens is 510 g/mol. The number of hydrogen-bond acceptors (Lipinski definition) is 7. The fourth-order valence-corrected chi connectivity index (χ4v) is 4.87. The molecule has 208 valence electrons. The molecule has 9 nitrogen and oxygen atoms in total. The zero-order chi connectivity index (χ0) is 28.8. The van der Waals surface area contributed by atoms with Crippen molar-refractivity contribution in [3.05, 3.63) is 111 Å². The van der Waals surface area contributed by atoms with Crippen LogP contribution >= 0.6 is 0 Å². The summed E-state index contributed by atoms with van der Waals surface area (Å²) in [6, 6.07) is 19.7. The van der Waals surface area contributed by atoms with Gasteiger partial charge in [0.2, 0.25) is 0 Å². The largest absolute Gasteiger partial charge is 0.507 e. The highest BCUT2D eigenvalue weighted by atomic mass is 16.6. The number of aliphatic hydroxyl groups excluding tert-OH is 1. The average Bonchev–Trinajstić information content (AvgIpc) is 3.22. The van der Waals surface area contributed by atoms with E-state index in [0.29, 0.717) is 30.0 Å². The van der Waals surface area contributed by atoms with Crippen molar-refractivity contribution in [1.82, 2.24) is 9.80 Å². The topological polar surface area (TPSA) is 113 Å². The van der Waals surface area contributed by atoms with Gasteiger partial charge >= 0.3 is 0 Å². The van der Waals surface area contributed by atoms with Crippen molar-refractivity contribution >= 4 is 23.1 Å². The van der Waals surface area contributed by atoms with E-state index in [4.69, 9.17) is 4.74 Å². The number of amides is 1. The van der Waals surface area contributed by atoms with Crippen LogP contribution in [-0.4, -0.2) is 57.7 Å². The van der Waals surface area contributed by atoms with Gasteiger partial charge in [0.05, 0.1) is 16.5 Å². The Morgan fingerprint density at radius 3 is 2.30 bits per heavy atom. The molecule has 40 heavy (non-hydrogen) atoms. The number of carbonyl (C=O) groups excluding carboxylic acids is 2. The van der Waals surface area contributed by atoms with Crippen LogP contribution in [0, 0.1) is 17.0 Å². The summed E-state index contributed by atoms with van der Waals surface area (Å²) in [5.74, 6) is -1.17. The number of non-ortho nitro benzene ring substituents is 1. The second kappa shape index (κ2) is 12.6. The molecule has 1 aliphatic heterocycles. The minimum absolute atomic E-state index is 0.0456. The highest BCUT2D eigenvalue weighted by Crippen LogP contribution is 2.40. The van der Waals surface area contributed by atoms with Crippen molar-refractivity contribution in [2.45, 2.75) is 33.4 Å². The Balaban J connectivity index is 1.70. The number of carbonyl (C=O) groups is 2. The normalized spacial score (nSPS) is 16.5. The van der Waals surface area contributed by atoms with Crippen LogP contribution in [0.15, 0.2) is 78.4 Å². The highest BCUT2D eigenvalue weighted by Gasteiger charge is 2.46. The first-order chi connectivity index (χ1) is 19.2. The number of ether oxygens (including phenoxy) is 1. The highest BCUT2D eigenvalue weighted by molar-refractivity contribution is 6.46. The van der Waals surface area contributed by atoms with E-state index in [2.05, 4.69) is 4.90 Å². The molecule has 9 heteroatoms. The molecule has 1 amide bonds. The number of nitro benzene ring substituents is 1. The first-order valence-corrected chi connectivity index (χ1v) is 13.3. The molecular formula is C31H33N3O6. The lowest BCUT2D eigenvalue weighted by atomic mass is 9.94. The van der Waals surface area contributed by atoms with Crippen molar-refractivity contribution in [2.24, 2.45) is 0 Å². The van der Waals surface area contributed by atoms with Gasteiger partial charge in [-0.15, -0.1) is 0 Å². The standard InChI is InChI=1S/C31H33N3O6/c1-4-32(5-2)17-18-33-28(23-11-14-25(15-12-23)34(38)39)27(30(36)31(33)37)29(35)24-13-16-26(21(3)19-24)40-20-22-9-7-6-8-10-22/h6-16,19,28,35H,4-5,17-18,20H2,1-3H3. The van der Waals surface area contributed by atoms with Crippen LogP contribution in [0.5, 0.6) is 5.75 Å². The van der Waals surface area contributed by atoms with E-state index in [-0.39, 0.29) is 23.6 Å². The third kappa shape index (κ3) is 6.05. The van der Waals surface area contributed by atoms with Gasteiger partial charge in [0.15, 0.2) is 0 Å². The monoisotopic (exact) mass is 543 g/mol. The van der Waals surface area contributed by atoms with Crippen LogP contribution < -0.4 is 4.74 Å². The van der Waals surface area contributed by atoms with Gasteiger partial charge in [0, 0.05) is 30.8 Å². The predicted octanol–water partition coefficient (Wildman–Crippen LogP) is 5.25. The smallest absolute Gasteiger partial charge is 0.295 e. The molecule has 1 aliphatic rings. The third-order valence-electron chi connectivity index (χ3n) is 7.20. The van der Waals surface area contributed by atoms with Crippen molar-refractivity contribution in [3.8, 4) is 5.75 Å². The number of Topliss-reactive ketones (excluding diaryl/α,β-unsaturated/α-hetero) is 1. The number of nitrogens with zero attached hydrogens (tertiary/aromatic N) is 3. The van der Waals surface area contributed by atoms with Crippen molar-refractivity contribution < 1.29 is 24.4 Å². The molecule has 0 aromatic heterocycles. The number of benzene rings is 3. The molecule has 1 atom stereocenters. The van der Waals surface area contributed by atoms with E-state index in [9.17, 15) is 24.8 Å². The Hall–Kier alpha value is -4.50. The lowest BCUT2D eigenvalue weighted by Gasteiger charge is -2.28. The average molecular weight is 544 g/mol. The second-order valence-corrected chi connectivity index (χ2v) is 9.62. The number of aryl methyl sites for hydroxylation is 1. The summed E-state index contributed by atoms with van der Waals surface area (Å²) in [6.07, 6.45) is 0. The first-order valence-electron chi connectivity index (χ1n) is 13.3. The summed E-state index contributed by atoms with van der Waals surface area (Å²) in [6.45, 7) is 8.60. The number of aliphatic hydroxyl groups is 1. The summed E-state index contributed by atoms with van der Waals surface area (Å²) in [5, 5.41) is 22.6. The number of hydrogen-bond donors (Lipinski definition) is 1. The Bertz CT molecular complexity index is 1410. The van der Waals surface area contributed by atoms with E-state index in [0.717, 1.165) is 24.2 Å². The van der Waals surface area contributed by atoms with Crippen LogP contribution in [0.4, 0.5) is 5.69 Å². The molecule has 0 bridgehead atoms. The van der Waals surface area contributed by atoms with Gasteiger partial charge in [0.25, 0.3) is 17.4 Å². The third-order valence-corrected chi connectivity index (χ3v) is 7.20. The maximum absolute atomic E-state index is 13.3. The second-order valence-electron chi connectivity index (χ2n) is 9.62. The summed E-state index contributed by atoms with van der Waals surface area (Å²) in [7, 11) is 0. The number of ketones is 1. The molecule has 4 rings (SSSR count). The van der Waals surface area contributed by atoms with Gasteiger partial charge in [-0.2, -0.15) is 0 Å². The SMILES string of the molecule is CCN(CC)CCN1C(=O)C(=O)C(=C(O)c2ccc(OCc3ccccc3)c(C)c2)C1c1ccc([N+](=O)[O-])cc1. The quantitative estimate of drug-likeness (QED) is 0.116. The van der Waals surface area contributed by atoms with Gasteiger partial charge in [0.1, 0.15) is 18.1 Å². The molecule has 3 aromatic rings. The van der Waals surface area contributed by atoms with Gasteiger partial charge in [-0.25, -0.2) is 0 Å². The number of likely N-dealkylation sites (N-methyl/N-ethyl adjacent to an activating group) is 1. The van der Waals surface area contributed by atoms with Crippen molar-refractivity contribution in [3.63, 3.8) is 0 Å². The Kier molecular flexibility index (Phi) is 8.96. The summed E-state index contributed by atoms with van der Waals surface area (Å²) >= 11 is 0. The summed E-state index contributed by atoms with van der Waals surface area (Å²) < 4.78 is 5.95. The summed E-state index contributed by atoms with van der Waals surface area (Å²) in [4.78, 5) is 40.8. The van der Waals surface area contributed by atoms with Crippen LogP contribution in [0.25, 0.3) is 5.76 Å². The number of likely N-dealkylation sites (tertiary alicyclic amines) is 1. The van der Waals surface area contributed by atoms with E-state index < -0.39 is 22.7 Å². The number of nitro groups is 1. The van der Waals surface area contributed by atoms with Crippen LogP contribution in [-0.2, 0) is 16.2 Å². The lowest BCUT2D eigenvalue weighted by molar-refractivity contribution is -0.384. The van der Waals surface area contributed by atoms with E-state index in [1.807, 2.05) is 51.1 Å². The maximum Gasteiger partial charge on any atom is 0.295 e. The van der Waals surface area contributed by atoms with Gasteiger partial charge < -0.3 is 19.6 Å².